The van der Waals surface area contributed by atoms with Crippen molar-refractivity contribution in [3.8, 4) is 0 Å². The molecule has 1 amide bonds. The maximum absolute atomic E-state index is 12.9. The summed E-state index contributed by atoms with van der Waals surface area (Å²) in [5, 5.41) is 5.00. The lowest BCUT2D eigenvalue weighted by Gasteiger charge is -2.28. The lowest BCUT2D eigenvalue weighted by atomic mass is 10.1. The van der Waals surface area contributed by atoms with Crippen LogP contribution in [0.25, 0.3) is 0 Å². The van der Waals surface area contributed by atoms with Gasteiger partial charge in [0.25, 0.3) is 0 Å². The maximum Gasteiger partial charge on any atom is 0.245 e. The highest BCUT2D eigenvalue weighted by Crippen LogP contribution is 2.38. The summed E-state index contributed by atoms with van der Waals surface area (Å²) in [4.78, 5) is 18.8. The molecule has 1 fully saturated rings. The van der Waals surface area contributed by atoms with Crippen LogP contribution in [-0.2, 0) is 11.8 Å². The number of imidazole rings is 1. The smallest absolute Gasteiger partial charge is 0.245 e. The summed E-state index contributed by atoms with van der Waals surface area (Å²) >= 11 is 6.39. The van der Waals surface area contributed by atoms with E-state index < -0.39 is 0 Å². The second kappa shape index (κ2) is 5.76. The van der Waals surface area contributed by atoms with E-state index in [1.54, 1.807) is 17.2 Å². The molecule has 0 N–H and O–H groups in total. The van der Waals surface area contributed by atoms with Crippen molar-refractivity contribution in [1.29, 1.82) is 0 Å². The predicted molar refractivity (Wildman–Crippen MR) is 83.6 cm³/mol. The van der Waals surface area contributed by atoms with Gasteiger partial charge >= 0.3 is 0 Å². The van der Waals surface area contributed by atoms with Gasteiger partial charge in [0.2, 0.25) is 5.91 Å². The van der Waals surface area contributed by atoms with Gasteiger partial charge in [-0.1, -0.05) is 11.6 Å². The Morgan fingerprint density at radius 2 is 2.27 bits per heavy atom. The topological polar surface area (TPSA) is 56.0 Å². The van der Waals surface area contributed by atoms with Crippen molar-refractivity contribution in [3.05, 3.63) is 35.1 Å². The fourth-order valence-corrected chi connectivity index (χ4v) is 3.52. The molecule has 2 aromatic rings. The molecule has 0 aromatic carbocycles. The molecular formula is C15H20ClN5O. The van der Waals surface area contributed by atoms with Gasteiger partial charge < -0.3 is 9.47 Å². The molecule has 0 saturated carbocycles. The third-order valence-electron chi connectivity index (χ3n) is 4.39. The van der Waals surface area contributed by atoms with Crippen LogP contribution < -0.4 is 0 Å². The molecule has 0 bridgehead atoms. The van der Waals surface area contributed by atoms with Gasteiger partial charge in [0.1, 0.15) is 11.2 Å². The normalized spacial score (nSPS) is 19.6. The number of carbonyl (C=O) groups excluding carboxylic acids is 1. The Morgan fingerprint density at radius 1 is 1.50 bits per heavy atom. The molecule has 6 nitrogen and oxygen atoms in total. The highest BCUT2D eigenvalue weighted by molar-refractivity contribution is 6.30. The minimum atomic E-state index is -0.265. The fraction of sp³-hybridized carbons (Fsp3) is 0.533. The summed E-state index contributed by atoms with van der Waals surface area (Å²) in [5.74, 6) is 0.0971. The number of hydrogen-bond donors (Lipinski definition) is 0. The van der Waals surface area contributed by atoms with Gasteiger partial charge in [-0.3, -0.25) is 9.48 Å². The van der Waals surface area contributed by atoms with E-state index in [9.17, 15) is 4.79 Å². The molecule has 1 saturated heterocycles. The number of amides is 1. The quantitative estimate of drug-likeness (QED) is 0.872. The molecular weight excluding hydrogens is 302 g/mol. The number of nitrogens with zero attached hydrogens (tertiary/aromatic N) is 5. The Bertz CT molecular complexity index is 678. The number of halogens is 1. The monoisotopic (exact) mass is 321 g/mol. The van der Waals surface area contributed by atoms with Gasteiger partial charge in [-0.05, 0) is 26.7 Å². The van der Waals surface area contributed by atoms with Crippen molar-refractivity contribution < 1.29 is 4.79 Å². The molecule has 1 aliphatic heterocycles. The molecule has 2 atom stereocenters. The van der Waals surface area contributed by atoms with E-state index in [1.807, 2.05) is 36.6 Å². The number of aromatic nitrogens is 4. The summed E-state index contributed by atoms with van der Waals surface area (Å²) in [7, 11) is 1.83. The zero-order valence-corrected chi connectivity index (χ0v) is 13.8. The minimum Gasteiger partial charge on any atom is -0.334 e. The van der Waals surface area contributed by atoms with Crippen LogP contribution in [0.4, 0.5) is 0 Å². The molecule has 7 heteroatoms. The Labute approximate surface area is 134 Å². The van der Waals surface area contributed by atoms with E-state index in [0.717, 1.165) is 30.6 Å². The summed E-state index contributed by atoms with van der Waals surface area (Å²) < 4.78 is 3.50. The summed E-state index contributed by atoms with van der Waals surface area (Å²) in [5.41, 5.74) is 1.88. The summed E-state index contributed by atoms with van der Waals surface area (Å²) in [6, 6.07) is -0.251. The van der Waals surface area contributed by atoms with E-state index in [1.165, 1.54) is 0 Å². The molecule has 0 radical (unpaired) electrons. The molecule has 1 aliphatic rings. The standard InChI is InChI=1S/C15H20ClN5O/c1-10-13(14(16)19(3)18-10)12-5-4-7-21(12)15(22)11(2)20-8-6-17-9-20/h6,8-9,11-12H,4-5,7H2,1-3H3/t11-,12-/m0/s1. The van der Waals surface area contributed by atoms with Gasteiger partial charge in [-0.2, -0.15) is 5.10 Å². The lowest BCUT2D eigenvalue weighted by molar-refractivity contribution is -0.135. The van der Waals surface area contributed by atoms with Crippen molar-refractivity contribution in [2.75, 3.05) is 6.54 Å². The first-order chi connectivity index (χ1) is 10.5. The van der Waals surface area contributed by atoms with Gasteiger partial charge in [0, 0.05) is 31.5 Å². The molecule has 2 aromatic heterocycles. The number of likely N-dealkylation sites (tertiary alicyclic amines) is 1. The van der Waals surface area contributed by atoms with E-state index in [2.05, 4.69) is 10.1 Å². The second-order valence-corrected chi connectivity index (χ2v) is 6.15. The molecule has 3 heterocycles. The van der Waals surface area contributed by atoms with Crippen LogP contribution in [0.5, 0.6) is 0 Å². The number of carbonyl (C=O) groups is 1. The van der Waals surface area contributed by atoms with Crippen LogP contribution >= 0.6 is 11.6 Å². The van der Waals surface area contributed by atoms with Crippen molar-refractivity contribution in [3.63, 3.8) is 0 Å². The summed E-state index contributed by atoms with van der Waals surface area (Å²) in [6.07, 6.45) is 7.09. The highest BCUT2D eigenvalue weighted by Gasteiger charge is 2.36. The van der Waals surface area contributed by atoms with Gasteiger partial charge in [-0.15, -0.1) is 0 Å². The van der Waals surface area contributed by atoms with Gasteiger partial charge in [-0.25, -0.2) is 4.98 Å². The van der Waals surface area contributed by atoms with Crippen LogP contribution in [0, 0.1) is 6.92 Å². The second-order valence-electron chi connectivity index (χ2n) is 5.79. The van der Waals surface area contributed by atoms with E-state index >= 15 is 0 Å². The third-order valence-corrected chi connectivity index (χ3v) is 4.84. The predicted octanol–water partition coefficient (Wildman–Crippen LogP) is 2.50. The largest absolute Gasteiger partial charge is 0.334 e. The molecule has 0 spiro atoms. The van der Waals surface area contributed by atoms with E-state index in [4.69, 9.17) is 11.6 Å². The maximum atomic E-state index is 12.9. The van der Waals surface area contributed by atoms with Crippen LogP contribution in [0.1, 0.15) is 43.1 Å². The fourth-order valence-electron chi connectivity index (χ4n) is 3.22. The number of hydrogen-bond acceptors (Lipinski definition) is 3. The molecule has 22 heavy (non-hydrogen) atoms. The van der Waals surface area contributed by atoms with Crippen molar-refractivity contribution in [2.24, 2.45) is 7.05 Å². The lowest BCUT2D eigenvalue weighted by Crippen LogP contribution is -2.35. The van der Waals surface area contributed by atoms with Crippen molar-refractivity contribution >= 4 is 17.5 Å². The van der Waals surface area contributed by atoms with Crippen LogP contribution in [0.2, 0.25) is 5.15 Å². The van der Waals surface area contributed by atoms with Crippen LogP contribution in [0.15, 0.2) is 18.7 Å². The van der Waals surface area contributed by atoms with Crippen molar-refractivity contribution in [2.45, 2.75) is 38.8 Å². The SMILES string of the molecule is Cc1nn(C)c(Cl)c1[C@@H]1CCCN1C(=O)[C@H](C)n1ccnc1. The molecule has 0 unspecified atom stereocenters. The van der Waals surface area contributed by atoms with Crippen LogP contribution in [0.3, 0.4) is 0 Å². The minimum absolute atomic E-state index is 0.0136. The van der Waals surface area contributed by atoms with Crippen LogP contribution in [-0.4, -0.2) is 36.7 Å². The Kier molecular flexibility index (Phi) is 3.95. The van der Waals surface area contributed by atoms with E-state index in [0.29, 0.717) is 5.15 Å². The first-order valence-electron chi connectivity index (χ1n) is 7.47. The average Bonchev–Trinajstić information content (AvgIpc) is 3.20. The number of rotatable bonds is 3. The zero-order chi connectivity index (χ0) is 15.9. The summed E-state index contributed by atoms with van der Waals surface area (Å²) in [6.45, 7) is 4.60. The van der Waals surface area contributed by atoms with Crippen molar-refractivity contribution in [1.82, 2.24) is 24.2 Å². The molecule has 118 valence electrons. The first-order valence-corrected chi connectivity index (χ1v) is 7.85. The first kappa shape index (κ1) is 15.1. The highest BCUT2D eigenvalue weighted by atomic mass is 35.5. The molecule has 3 rings (SSSR count). The Morgan fingerprint density at radius 3 is 2.86 bits per heavy atom. The third kappa shape index (κ3) is 2.41. The Hall–Kier alpha value is -1.82. The number of aryl methyl sites for hydroxylation is 2. The van der Waals surface area contributed by atoms with Gasteiger partial charge in [0.15, 0.2) is 0 Å². The van der Waals surface area contributed by atoms with Gasteiger partial charge in [0.05, 0.1) is 18.1 Å². The Balaban J connectivity index is 1.88. The molecule has 0 aliphatic carbocycles. The van der Waals surface area contributed by atoms with E-state index in [-0.39, 0.29) is 18.0 Å². The zero-order valence-electron chi connectivity index (χ0n) is 13.0. The average molecular weight is 322 g/mol.